The van der Waals surface area contributed by atoms with E-state index in [-0.39, 0.29) is 11.3 Å². The Morgan fingerprint density at radius 1 is 1.07 bits per heavy atom. The van der Waals surface area contributed by atoms with Gasteiger partial charge in [-0.05, 0) is 50.8 Å². The highest BCUT2D eigenvalue weighted by molar-refractivity contribution is 5.94. The van der Waals surface area contributed by atoms with E-state index < -0.39 is 0 Å². The van der Waals surface area contributed by atoms with Crippen molar-refractivity contribution in [3.05, 3.63) is 35.4 Å². The lowest BCUT2D eigenvalue weighted by molar-refractivity contribution is -0.145. The number of hydrogen-bond donors (Lipinski definition) is 1. The Balaban J connectivity index is 1.44. The standard InChI is InChI=1S/C22H31N3O2/c1-17-6-4-7-18(14-17)20(26)24-10-5-11-25(13-12-24)21(27)22-9-3-2-8-19(22)15-23-16-22/h4,6-7,14,19,23H,2-3,5,8-13,15-16H2,1H3/t19-,22+/m0/s1. The lowest BCUT2D eigenvalue weighted by atomic mass is 9.67. The number of fused-ring (bicyclic) bond motifs is 1. The zero-order chi connectivity index (χ0) is 18.9. The summed E-state index contributed by atoms with van der Waals surface area (Å²) in [4.78, 5) is 30.3. The van der Waals surface area contributed by atoms with Crippen molar-refractivity contribution in [3.8, 4) is 0 Å². The Kier molecular flexibility index (Phi) is 5.22. The van der Waals surface area contributed by atoms with Gasteiger partial charge in [0.2, 0.25) is 5.91 Å². The highest BCUT2D eigenvalue weighted by atomic mass is 16.2. The van der Waals surface area contributed by atoms with Gasteiger partial charge in [0.05, 0.1) is 5.41 Å². The maximum atomic E-state index is 13.5. The van der Waals surface area contributed by atoms with Crippen LogP contribution >= 0.6 is 0 Å². The molecule has 3 aliphatic rings. The number of benzene rings is 1. The Labute approximate surface area is 162 Å². The van der Waals surface area contributed by atoms with Gasteiger partial charge in [-0.25, -0.2) is 0 Å². The van der Waals surface area contributed by atoms with Crippen LogP contribution in [0.1, 0.15) is 48.0 Å². The first-order valence-corrected chi connectivity index (χ1v) is 10.5. The SMILES string of the molecule is Cc1cccc(C(=O)N2CCCN(C(=O)[C@@]34CCCC[C@H]3CNC4)CC2)c1. The van der Waals surface area contributed by atoms with Gasteiger partial charge >= 0.3 is 0 Å². The molecule has 4 rings (SSSR count). The van der Waals surface area contributed by atoms with Gasteiger partial charge in [-0.1, -0.05) is 30.5 Å². The smallest absolute Gasteiger partial charge is 0.253 e. The van der Waals surface area contributed by atoms with Crippen molar-refractivity contribution in [2.45, 2.75) is 39.0 Å². The molecule has 1 aromatic carbocycles. The number of carbonyl (C=O) groups excluding carboxylic acids is 2. The van der Waals surface area contributed by atoms with Crippen LogP contribution in [0.2, 0.25) is 0 Å². The first kappa shape index (κ1) is 18.5. The Hall–Kier alpha value is -1.88. The van der Waals surface area contributed by atoms with E-state index in [2.05, 4.69) is 10.2 Å². The molecule has 0 spiro atoms. The number of nitrogens with one attached hydrogen (secondary N) is 1. The molecule has 1 aromatic rings. The van der Waals surface area contributed by atoms with Crippen molar-refractivity contribution in [1.82, 2.24) is 15.1 Å². The van der Waals surface area contributed by atoms with E-state index in [0.717, 1.165) is 56.6 Å². The second-order valence-electron chi connectivity index (χ2n) is 8.54. The van der Waals surface area contributed by atoms with Crippen molar-refractivity contribution in [2.75, 3.05) is 39.3 Å². The highest BCUT2D eigenvalue weighted by Gasteiger charge is 2.51. The molecule has 1 aliphatic carbocycles. The zero-order valence-electron chi connectivity index (χ0n) is 16.4. The van der Waals surface area contributed by atoms with Gasteiger partial charge in [0.15, 0.2) is 0 Å². The molecular formula is C22H31N3O2. The van der Waals surface area contributed by atoms with Gasteiger partial charge in [0, 0.05) is 38.3 Å². The molecule has 1 N–H and O–H groups in total. The molecule has 2 saturated heterocycles. The fourth-order valence-electron chi connectivity index (χ4n) is 5.27. The van der Waals surface area contributed by atoms with E-state index in [1.807, 2.05) is 36.1 Å². The quantitative estimate of drug-likeness (QED) is 0.871. The van der Waals surface area contributed by atoms with Crippen molar-refractivity contribution in [2.24, 2.45) is 11.3 Å². The molecule has 5 nitrogen and oxygen atoms in total. The van der Waals surface area contributed by atoms with E-state index in [9.17, 15) is 9.59 Å². The van der Waals surface area contributed by atoms with Crippen molar-refractivity contribution < 1.29 is 9.59 Å². The summed E-state index contributed by atoms with van der Waals surface area (Å²) in [6.07, 6.45) is 5.46. The predicted octanol–water partition coefficient (Wildman–Crippen LogP) is 2.45. The molecule has 0 bridgehead atoms. The maximum Gasteiger partial charge on any atom is 0.253 e. The van der Waals surface area contributed by atoms with Crippen molar-refractivity contribution in [1.29, 1.82) is 0 Å². The van der Waals surface area contributed by atoms with Crippen LogP contribution in [-0.2, 0) is 4.79 Å². The summed E-state index contributed by atoms with van der Waals surface area (Å²) in [7, 11) is 0. The van der Waals surface area contributed by atoms with Crippen LogP contribution in [-0.4, -0.2) is 60.9 Å². The van der Waals surface area contributed by atoms with Gasteiger partial charge in [0.25, 0.3) is 5.91 Å². The lowest BCUT2D eigenvalue weighted by Crippen LogP contribution is -2.50. The molecule has 2 heterocycles. The predicted molar refractivity (Wildman–Crippen MR) is 106 cm³/mol. The van der Waals surface area contributed by atoms with Crippen molar-refractivity contribution >= 4 is 11.8 Å². The van der Waals surface area contributed by atoms with E-state index in [1.54, 1.807) is 0 Å². The molecule has 0 unspecified atom stereocenters. The molecule has 5 heteroatoms. The van der Waals surface area contributed by atoms with Gasteiger partial charge in [-0.2, -0.15) is 0 Å². The topological polar surface area (TPSA) is 52.7 Å². The molecular weight excluding hydrogens is 338 g/mol. The van der Waals surface area contributed by atoms with Crippen LogP contribution in [0.3, 0.4) is 0 Å². The summed E-state index contributed by atoms with van der Waals surface area (Å²) in [6, 6.07) is 7.78. The molecule has 0 aromatic heterocycles. The fourth-order valence-corrected chi connectivity index (χ4v) is 5.27. The highest BCUT2D eigenvalue weighted by Crippen LogP contribution is 2.45. The number of amides is 2. The van der Waals surface area contributed by atoms with Crippen LogP contribution in [0, 0.1) is 18.3 Å². The molecule has 2 atom stereocenters. The maximum absolute atomic E-state index is 13.5. The van der Waals surface area contributed by atoms with Crippen molar-refractivity contribution in [3.63, 3.8) is 0 Å². The fraction of sp³-hybridized carbons (Fsp3) is 0.636. The summed E-state index contributed by atoms with van der Waals surface area (Å²) in [6.45, 7) is 6.61. The minimum absolute atomic E-state index is 0.0873. The van der Waals surface area contributed by atoms with Gasteiger partial charge in [-0.3, -0.25) is 9.59 Å². The third-order valence-electron chi connectivity index (χ3n) is 6.80. The average Bonchev–Trinajstić information content (AvgIpc) is 2.98. The molecule has 2 amide bonds. The molecule has 0 radical (unpaired) electrons. The minimum Gasteiger partial charge on any atom is -0.340 e. The summed E-state index contributed by atoms with van der Waals surface area (Å²) in [5.74, 6) is 0.915. The number of carbonyl (C=O) groups is 2. The Morgan fingerprint density at radius 2 is 1.89 bits per heavy atom. The molecule has 2 aliphatic heterocycles. The zero-order valence-corrected chi connectivity index (χ0v) is 16.4. The van der Waals surface area contributed by atoms with Crippen LogP contribution in [0.25, 0.3) is 0 Å². The summed E-state index contributed by atoms with van der Waals surface area (Å²) >= 11 is 0. The number of rotatable bonds is 2. The first-order chi connectivity index (χ1) is 13.1. The lowest BCUT2D eigenvalue weighted by Gasteiger charge is -2.40. The largest absolute Gasteiger partial charge is 0.340 e. The van der Waals surface area contributed by atoms with E-state index in [0.29, 0.717) is 24.9 Å². The van der Waals surface area contributed by atoms with Crippen LogP contribution < -0.4 is 5.32 Å². The van der Waals surface area contributed by atoms with Gasteiger partial charge in [-0.15, -0.1) is 0 Å². The Bertz CT molecular complexity index is 719. The molecule has 3 fully saturated rings. The average molecular weight is 370 g/mol. The van der Waals surface area contributed by atoms with E-state index in [4.69, 9.17) is 0 Å². The number of hydrogen-bond acceptors (Lipinski definition) is 3. The van der Waals surface area contributed by atoms with E-state index in [1.165, 1.54) is 12.8 Å². The Morgan fingerprint density at radius 3 is 2.74 bits per heavy atom. The third-order valence-corrected chi connectivity index (χ3v) is 6.80. The normalized spacial score (nSPS) is 28.6. The van der Waals surface area contributed by atoms with Crippen LogP contribution in [0.15, 0.2) is 24.3 Å². The van der Waals surface area contributed by atoms with Gasteiger partial charge < -0.3 is 15.1 Å². The molecule has 146 valence electrons. The van der Waals surface area contributed by atoms with Gasteiger partial charge in [0.1, 0.15) is 0 Å². The second-order valence-corrected chi connectivity index (χ2v) is 8.54. The van der Waals surface area contributed by atoms with Crippen LogP contribution in [0.5, 0.6) is 0 Å². The van der Waals surface area contributed by atoms with Crippen LogP contribution in [0.4, 0.5) is 0 Å². The van der Waals surface area contributed by atoms with E-state index >= 15 is 0 Å². The summed E-state index contributed by atoms with van der Waals surface area (Å²) in [5.41, 5.74) is 1.66. The number of aryl methyl sites for hydroxylation is 1. The number of nitrogens with zero attached hydrogens (tertiary/aromatic N) is 2. The first-order valence-electron chi connectivity index (χ1n) is 10.5. The summed E-state index contributed by atoms with van der Waals surface area (Å²) in [5, 5.41) is 3.48. The monoisotopic (exact) mass is 369 g/mol. The molecule has 27 heavy (non-hydrogen) atoms. The molecule has 1 saturated carbocycles. The second kappa shape index (κ2) is 7.63. The summed E-state index contributed by atoms with van der Waals surface area (Å²) < 4.78 is 0. The third kappa shape index (κ3) is 3.49. The minimum atomic E-state index is -0.187.